The van der Waals surface area contributed by atoms with Crippen LogP contribution in [0.5, 0.6) is 0 Å². The standard InChI is InChI=1S/C17H28N4OS.2ClH/c1-13-6-5-9-21(10-13)11-14-12-23-16(19-14)20-15(22)17(18)7-3-2-4-8-17;;/h12-13H,2-11,18H2,1H3,(H,19,20,22);2*1H. The number of halogens is 2. The smallest absolute Gasteiger partial charge is 0.246 e. The maximum absolute atomic E-state index is 12.5. The Morgan fingerprint density at radius 1 is 1.36 bits per heavy atom. The molecule has 1 saturated carbocycles. The molecule has 5 nitrogen and oxygen atoms in total. The molecule has 1 saturated heterocycles. The number of carbonyl (C=O) groups is 1. The highest BCUT2D eigenvalue weighted by molar-refractivity contribution is 7.13. The van der Waals surface area contributed by atoms with E-state index in [4.69, 9.17) is 5.73 Å². The third-order valence-electron chi connectivity index (χ3n) is 5.10. The van der Waals surface area contributed by atoms with Crippen LogP contribution in [0.4, 0.5) is 5.13 Å². The van der Waals surface area contributed by atoms with Crippen LogP contribution in [0.3, 0.4) is 0 Å². The fourth-order valence-corrected chi connectivity index (χ4v) is 4.42. The zero-order chi connectivity index (χ0) is 16.3. The molecule has 3 N–H and O–H groups in total. The fraction of sp³-hybridized carbons (Fsp3) is 0.765. The van der Waals surface area contributed by atoms with Crippen molar-refractivity contribution in [3.8, 4) is 0 Å². The molecule has 2 aliphatic rings. The number of amides is 1. The summed E-state index contributed by atoms with van der Waals surface area (Å²) in [5.74, 6) is 0.703. The second kappa shape index (κ2) is 10.1. The van der Waals surface area contributed by atoms with Crippen LogP contribution in [-0.2, 0) is 11.3 Å². The maximum Gasteiger partial charge on any atom is 0.246 e. The number of thiazole rings is 1. The predicted molar refractivity (Wildman–Crippen MR) is 109 cm³/mol. The van der Waals surface area contributed by atoms with Crippen molar-refractivity contribution in [2.75, 3.05) is 18.4 Å². The number of rotatable bonds is 4. The first-order chi connectivity index (χ1) is 11.0. The molecule has 2 heterocycles. The summed E-state index contributed by atoms with van der Waals surface area (Å²) in [7, 11) is 0. The Morgan fingerprint density at radius 2 is 2.08 bits per heavy atom. The number of nitrogens with two attached hydrogens (primary N) is 1. The molecule has 1 aromatic heterocycles. The quantitative estimate of drug-likeness (QED) is 0.793. The molecule has 0 spiro atoms. The molecule has 25 heavy (non-hydrogen) atoms. The van der Waals surface area contributed by atoms with Crippen molar-refractivity contribution in [3.63, 3.8) is 0 Å². The fourth-order valence-electron chi connectivity index (χ4n) is 3.73. The van der Waals surface area contributed by atoms with E-state index in [1.165, 1.54) is 30.6 Å². The van der Waals surface area contributed by atoms with Gasteiger partial charge in [0.1, 0.15) is 0 Å². The van der Waals surface area contributed by atoms with Crippen molar-refractivity contribution in [3.05, 3.63) is 11.1 Å². The highest BCUT2D eigenvalue weighted by Gasteiger charge is 2.35. The van der Waals surface area contributed by atoms with E-state index in [0.29, 0.717) is 5.13 Å². The van der Waals surface area contributed by atoms with Gasteiger partial charge in [-0.2, -0.15) is 0 Å². The minimum Gasteiger partial charge on any atom is -0.317 e. The van der Waals surface area contributed by atoms with Crippen LogP contribution in [0.15, 0.2) is 5.38 Å². The first kappa shape index (κ1) is 22.6. The Hall–Kier alpha value is -0.400. The van der Waals surface area contributed by atoms with Crippen LogP contribution in [0.2, 0.25) is 0 Å². The molecule has 1 aliphatic carbocycles. The SMILES string of the molecule is CC1CCCN(Cc2csc(NC(=O)C3(N)CCCCC3)n2)C1.Cl.Cl. The van der Waals surface area contributed by atoms with Crippen LogP contribution in [0.1, 0.15) is 57.6 Å². The molecule has 1 unspecified atom stereocenters. The molecule has 1 amide bonds. The zero-order valence-corrected chi connectivity index (χ0v) is 17.3. The summed E-state index contributed by atoms with van der Waals surface area (Å²) in [6.07, 6.45) is 7.42. The van der Waals surface area contributed by atoms with Crippen molar-refractivity contribution >= 4 is 47.2 Å². The molecule has 8 heteroatoms. The molecule has 0 radical (unpaired) electrons. The van der Waals surface area contributed by atoms with Crippen molar-refractivity contribution in [2.24, 2.45) is 11.7 Å². The zero-order valence-electron chi connectivity index (χ0n) is 14.8. The lowest BCUT2D eigenvalue weighted by Crippen LogP contribution is -2.52. The Labute approximate surface area is 167 Å². The summed E-state index contributed by atoms with van der Waals surface area (Å²) in [5, 5.41) is 5.68. The van der Waals surface area contributed by atoms with Crippen LogP contribution in [0.25, 0.3) is 0 Å². The van der Waals surface area contributed by atoms with Gasteiger partial charge in [-0.15, -0.1) is 36.2 Å². The van der Waals surface area contributed by atoms with Gasteiger partial charge in [-0.1, -0.05) is 26.2 Å². The van der Waals surface area contributed by atoms with Gasteiger partial charge in [0.15, 0.2) is 5.13 Å². The van der Waals surface area contributed by atoms with Gasteiger partial charge in [0, 0.05) is 18.5 Å². The number of anilines is 1. The van der Waals surface area contributed by atoms with Gasteiger partial charge < -0.3 is 11.1 Å². The highest BCUT2D eigenvalue weighted by Crippen LogP contribution is 2.28. The van der Waals surface area contributed by atoms with Gasteiger partial charge in [0.2, 0.25) is 5.91 Å². The lowest BCUT2D eigenvalue weighted by atomic mass is 9.82. The minimum atomic E-state index is -0.702. The molecular formula is C17H30Cl2N4OS. The molecule has 1 aromatic rings. The second-order valence-corrected chi connectivity index (χ2v) is 8.16. The lowest BCUT2D eigenvalue weighted by molar-refractivity contribution is -0.122. The number of carbonyl (C=O) groups excluding carboxylic acids is 1. The van der Waals surface area contributed by atoms with E-state index in [9.17, 15) is 4.79 Å². The summed E-state index contributed by atoms with van der Waals surface area (Å²) in [6.45, 7) is 5.48. The molecule has 144 valence electrons. The normalized spacial score (nSPS) is 23.2. The second-order valence-electron chi connectivity index (χ2n) is 7.30. The van der Waals surface area contributed by atoms with Crippen LogP contribution >= 0.6 is 36.2 Å². The first-order valence-electron chi connectivity index (χ1n) is 8.82. The van der Waals surface area contributed by atoms with E-state index < -0.39 is 5.54 Å². The number of nitrogens with one attached hydrogen (secondary N) is 1. The summed E-state index contributed by atoms with van der Waals surface area (Å²) in [4.78, 5) is 19.5. The van der Waals surface area contributed by atoms with Gasteiger partial charge in [-0.3, -0.25) is 9.69 Å². The third-order valence-corrected chi connectivity index (χ3v) is 5.90. The average Bonchev–Trinajstić information content (AvgIpc) is 2.95. The highest BCUT2D eigenvalue weighted by atomic mass is 35.5. The van der Waals surface area contributed by atoms with E-state index in [1.54, 1.807) is 0 Å². The predicted octanol–water partition coefficient (Wildman–Crippen LogP) is 3.82. The molecule has 0 bridgehead atoms. The van der Waals surface area contributed by atoms with Gasteiger partial charge in [0.05, 0.1) is 11.2 Å². The van der Waals surface area contributed by atoms with Crippen LogP contribution < -0.4 is 11.1 Å². The largest absolute Gasteiger partial charge is 0.317 e. The molecule has 0 aromatic carbocycles. The number of hydrogen-bond acceptors (Lipinski definition) is 5. The van der Waals surface area contributed by atoms with Crippen LogP contribution in [0, 0.1) is 5.92 Å². The summed E-state index contributed by atoms with van der Waals surface area (Å²) >= 11 is 1.50. The Kier molecular flexibility index (Phi) is 9.12. The van der Waals surface area contributed by atoms with Gasteiger partial charge in [-0.05, 0) is 38.1 Å². The lowest BCUT2D eigenvalue weighted by Gasteiger charge is -2.31. The average molecular weight is 409 g/mol. The van der Waals surface area contributed by atoms with Crippen molar-refractivity contribution in [1.29, 1.82) is 0 Å². The van der Waals surface area contributed by atoms with E-state index in [2.05, 4.69) is 27.5 Å². The Bertz CT molecular complexity index is 549. The number of likely N-dealkylation sites (tertiary alicyclic amines) is 1. The molecular weight excluding hydrogens is 379 g/mol. The van der Waals surface area contributed by atoms with E-state index in [0.717, 1.165) is 56.9 Å². The molecule has 3 rings (SSSR count). The first-order valence-corrected chi connectivity index (χ1v) is 9.70. The Morgan fingerprint density at radius 3 is 2.76 bits per heavy atom. The minimum absolute atomic E-state index is 0. The van der Waals surface area contributed by atoms with E-state index in [1.807, 2.05) is 0 Å². The van der Waals surface area contributed by atoms with Crippen molar-refractivity contribution in [1.82, 2.24) is 9.88 Å². The van der Waals surface area contributed by atoms with Crippen molar-refractivity contribution < 1.29 is 4.79 Å². The monoisotopic (exact) mass is 408 g/mol. The number of hydrogen-bond donors (Lipinski definition) is 2. The van der Waals surface area contributed by atoms with Gasteiger partial charge in [-0.25, -0.2) is 4.98 Å². The van der Waals surface area contributed by atoms with Gasteiger partial charge >= 0.3 is 0 Å². The van der Waals surface area contributed by atoms with Crippen LogP contribution in [-0.4, -0.2) is 34.4 Å². The summed E-state index contributed by atoms with van der Waals surface area (Å²) in [6, 6.07) is 0. The van der Waals surface area contributed by atoms with Crippen molar-refractivity contribution in [2.45, 2.75) is 64.0 Å². The topological polar surface area (TPSA) is 71.2 Å². The molecule has 1 atom stereocenters. The van der Waals surface area contributed by atoms with Gasteiger partial charge in [0.25, 0.3) is 0 Å². The number of nitrogens with zero attached hydrogens (tertiary/aromatic N) is 2. The third kappa shape index (κ3) is 6.07. The summed E-state index contributed by atoms with van der Waals surface area (Å²) < 4.78 is 0. The maximum atomic E-state index is 12.5. The number of piperidine rings is 1. The molecule has 1 aliphatic heterocycles. The molecule has 2 fully saturated rings. The summed E-state index contributed by atoms with van der Waals surface area (Å²) in [5.41, 5.74) is 6.63. The van der Waals surface area contributed by atoms with E-state index >= 15 is 0 Å². The number of aromatic nitrogens is 1. The van der Waals surface area contributed by atoms with E-state index in [-0.39, 0.29) is 30.7 Å². The Balaban J connectivity index is 0.00000156.